The Balaban J connectivity index is 2.21. The molecule has 0 aliphatic carbocycles. The van der Waals surface area contributed by atoms with Crippen LogP contribution in [0, 0.1) is 11.3 Å². The zero-order valence-corrected chi connectivity index (χ0v) is 15.2. The van der Waals surface area contributed by atoms with E-state index in [9.17, 15) is 23.1 Å². The lowest BCUT2D eigenvalue weighted by molar-refractivity contribution is -0.152. The van der Waals surface area contributed by atoms with Crippen LogP contribution < -0.4 is 0 Å². The number of nitrogens with zero attached hydrogens (tertiary/aromatic N) is 2. The van der Waals surface area contributed by atoms with E-state index in [-0.39, 0.29) is 30.7 Å². The topological polar surface area (TPSA) is 104 Å². The molecule has 0 radical (unpaired) electrons. The van der Waals surface area contributed by atoms with Gasteiger partial charge in [-0.1, -0.05) is 13.8 Å². The second-order valence-corrected chi connectivity index (χ2v) is 9.04. The monoisotopic (exact) mass is 362 g/mol. The van der Waals surface area contributed by atoms with E-state index in [1.807, 2.05) is 13.8 Å². The zero-order chi connectivity index (χ0) is 18.1. The Morgan fingerprint density at radius 3 is 2.42 bits per heavy atom. The van der Waals surface area contributed by atoms with Crippen LogP contribution >= 0.6 is 0 Å². The number of aliphatic carboxylic acids is 1. The molecule has 0 aromatic heterocycles. The van der Waals surface area contributed by atoms with Crippen LogP contribution in [-0.4, -0.2) is 79.8 Å². The van der Waals surface area contributed by atoms with Crippen molar-refractivity contribution in [3.05, 3.63) is 0 Å². The molecule has 0 spiro atoms. The minimum absolute atomic E-state index is 0.0282. The van der Waals surface area contributed by atoms with Crippen molar-refractivity contribution in [3.8, 4) is 0 Å². The Labute approximate surface area is 142 Å². The van der Waals surface area contributed by atoms with Crippen molar-refractivity contribution in [2.75, 3.05) is 39.1 Å². The van der Waals surface area contributed by atoms with E-state index < -0.39 is 27.4 Å². The van der Waals surface area contributed by atoms with E-state index in [1.165, 1.54) is 16.3 Å². The second kappa shape index (κ2) is 6.97. The van der Waals surface area contributed by atoms with Crippen molar-refractivity contribution in [2.45, 2.75) is 32.7 Å². The van der Waals surface area contributed by atoms with Gasteiger partial charge in [-0.25, -0.2) is 8.42 Å². The van der Waals surface area contributed by atoms with Gasteiger partial charge in [0.25, 0.3) is 0 Å². The smallest absolute Gasteiger partial charge is 0.313 e. The summed E-state index contributed by atoms with van der Waals surface area (Å²) in [5.41, 5.74) is -1.12. The van der Waals surface area contributed by atoms with Crippen molar-refractivity contribution in [1.29, 1.82) is 0 Å². The number of carboxylic acid groups (broad SMARTS) is 1. The highest BCUT2D eigenvalue weighted by molar-refractivity contribution is 7.89. The van der Waals surface area contributed by atoms with Gasteiger partial charge in [0.1, 0.15) is 11.5 Å². The average Bonchev–Trinajstić information content (AvgIpc) is 3.04. The van der Waals surface area contributed by atoms with Crippen LogP contribution in [0.2, 0.25) is 0 Å². The molecule has 8 nitrogen and oxygen atoms in total. The normalized spacial score (nSPS) is 28.4. The first kappa shape index (κ1) is 19.1. The summed E-state index contributed by atoms with van der Waals surface area (Å²) in [6.45, 7) is 4.34. The highest BCUT2D eigenvalue weighted by Crippen LogP contribution is 2.33. The number of carboxylic acids is 1. The molecule has 138 valence electrons. The van der Waals surface area contributed by atoms with Crippen molar-refractivity contribution in [2.24, 2.45) is 11.3 Å². The molecule has 24 heavy (non-hydrogen) atoms. The molecule has 0 saturated carbocycles. The van der Waals surface area contributed by atoms with Crippen molar-refractivity contribution < 1.29 is 27.9 Å². The van der Waals surface area contributed by atoms with Gasteiger partial charge < -0.3 is 14.7 Å². The second-order valence-electron chi connectivity index (χ2n) is 7.00. The fourth-order valence-electron chi connectivity index (χ4n) is 3.59. The summed E-state index contributed by atoms with van der Waals surface area (Å²) in [5.74, 6) is -1.43. The Bertz CT molecular complexity index is 605. The molecule has 2 rings (SSSR count). The maximum atomic E-state index is 13.0. The molecular weight excluding hydrogens is 336 g/mol. The predicted octanol–water partition coefficient (Wildman–Crippen LogP) is -0.00380. The van der Waals surface area contributed by atoms with Crippen LogP contribution in [0.25, 0.3) is 0 Å². The fraction of sp³-hybridized carbons (Fsp3) is 0.867. The molecular formula is C15H26N2O6S. The van der Waals surface area contributed by atoms with E-state index in [2.05, 4.69) is 0 Å². The highest BCUT2D eigenvalue weighted by atomic mass is 32.2. The molecule has 1 N–H and O–H groups in total. The number of carbonyl (C=O) groups is 2. The number of hydrogen-bond donors (Lipinski definition) is 1. The number of likely N-dealkylation sites (tertiary alicyclic amines) is 1. The fourth-order valence-corrected chi connectivity index (χ4v) is 5.41. The van der Waals surface area contributed by atoms with Crippen LogP contribution in [0.5, 0.6) is 0 Å². The van der Waals surface area contributed by atoms with Gasteiger partial charge in [-0.3, -0.25) is 9.59 Å². The predicted molar refractivity (Wildman–Crippen MR) is 86.9 cm³/mol. The summed E-state index contributed by atoms with van der Waals surface area (Å²) < 4.78 is 30.7. The van der Waals surface area contributed by atoms with Gasteiger partial charge in [-0.15, -0.1) is 0 Å². The standard InChI is InChI=1S/C15H26N2O6S/c1-11(2)12(17-6-4-8-24(17,21)22)13(18)16-7-5-15(9-16,10-23-3)14(19)20/h11-12H,4-10H2,1-3H3,(H,19,20). The number of sulfonamides is 1. The summed E-state index contributed by atoms with van der Waals surface area (Å²) in [6, 6.07) is -0.773. The van der Waals surface area contributed by atoms with Crippen LogP contribution in [0.1, 0.15) is 26.7 Å². The SMILES string of the molecule is COCC1(C(=O)O)CCN(C(=O)C(C(C)C)N2CCCS2(=O)=O)C1. The first-order chi connectivity index (χ1) is 11.1. The van der Waals surface area contributed by atoms with Crippen LogP contribution in [0.15, 0.2) is 0 Å². The van der Waals surface area contributed by atoms with E-state index >= 15 is 0 Å². The summed E-state index contributed by atoms with van der Waals surface area (Å²) in [4.78, 5) is 26.1. The van der Waals surface area contributed by atoms with Gasteiger partial charge in [0, 0.05) is 26.7 Å². The van der Waals surface area contributed by atoms with Gasteiger partial charge in [-0.05, 0) is 18.8 Å². The third kappa shape index (κ3) is 3.43. The third-order valence-corrected chi connectivity index (χ3v) is 6.80. The molecule has 0 aromatic rings. The molecule has 1 amide bonds. The molecule has 0 aromatic carbocycles. The summed E-state index contributed by atoms with van der Waals surface area (Å²) >= 11 is 0. The molecule has 2 saturated heterocycles. The van der Waals surface area contributed by atoms with Crippen molar-refractivity contribution >= 4 is 21.9 Å². The molecule has 2 heterocycles. The largest absolute Gasteiger partial charge is 0.481 e. The Kier molecular flexibility index (Phi) is 5.56. The average molecular weight is 362 g/mol. The van der Waals surface area contributed by atoms with E-state index in [0.29, 0.717) is 25.9 Å². The first-order valence-corrected chi connectivity index (χ1v) is 9.76. The van der Waals surface area contributed by atoms with Gasteiger partial charge in [0.05, 0.1) is 12.4 Å². The molecule has 2 fully saturated rings. The van der Waals surface area contributed by atoms with Crippen molar-refractivity contribution in [1.82, 2.24) is 9.21 Å². The minimum atomic E-state index is -3.42. The maximum absolute atomic E-state index is 13.0. The zero-order valence-electron chi connectivity index (χ0n) is 14.4. The number of amides is 1. The number of methoxy groups -OCH3 is 1. The van der Waals surface area contributed by atoms with E-state index in [0.717, 1.165) is 0 Å². The van der Waals surface area contributed by atoms with Gasteiger partial charge in [0.2, 0.25) is 15.9 Å². The quantitative estimate of drug-likeness (QED) is 0.713. The highest BCUT2D eigenvalue weighted by Gasteiger charge is 2.49. The lowest BCUT2D eigenvalue weighted by Crippen LogP contribution is -2.52. The van der Waals surface area contributed by atoms with E-state index in [1.54, 1.807) is 0 Å². The minimum Gasteiger partial charge on any atom is -0.481 e. The molecule has 0 bridgehead atoms. The van der Waals surface area contributed by atoms with Crippen molar-refractivity contribution in [3.63, 3.8) is 0 Å². The number of hydrogen-bond acceptors (Lipinski definition) is 5. The van der Waals surface area contributed by atoms with Gasteiger partial charge >= 0.3 is 5.97 Å². The summed E-state index contributed by atoms with van der Waals surface area (Å²) in [5, 5.41) is 9.51. The van der Waals surface area contributed by atoms with E-state index in [4.69, 9.17) is 4.74 Å². The summed E-state index contributed by atoms with van der Waals surface area (Å²) in [6.07, 6.45) is 0.820. The van der Waals surface area contributed by atoms with Crippen LogP contribution in [-0.2, 0) is 24.3 Å². The third-order valence-electron chi connectivity index (χ3n) is 4.87. The van der Waals surface area contributed by atoms with Crippen LogP contribution in [0.4, 0.5) is 0 Å². The molecule has 2 atom stereocenters. The molecule has 9 heteroatoms. The van der Waals surface area contributed by atoms with Gasteiger partial charge in [-0.2, -0.15) is 4.31 Å². The molecule has 2 aliphatic rings. The molecule has 2 aliphatic heterocycles. The summed E-state index contributed by atoms with van der Waals surface area (Å²) in [7, 11) is -1.98. The van der Waals surface area contributed by atoms with Crippen LogP contribution in [0.3, 0.4) is 0 Å². The van der Waals surface area contributed by atoms with Gasteiger partial charge in [0.15, 0.2) is 0 Å². The maximum Gasteiger partial charge on any atom is 0.313 e. The number of rotatable bonds is 6. The Morgan fingerprint density at radius 2 is 1.96 bits per heavy atom. The lowest BCUT2D eigenvalue weighted by Gasteiger charge is -2.32. The number of ether oxygens (including phenoxy) is 1. The first-order valence-electron chi connectivity index (χ1n) is 8.15. The Morgan fingerprint density at radius 1 is 1.29 bits per heavy atom. The Hall–Kier alpha value is -1.19. The number of carbonyl (C=O) groups excluding carboxylic acids is 1. The lowest BCUT2D eigenvalue weighted by atomic mass is 9.88. The molecule has 2 unspecified atom stereocenters.